The third-order valence-electron chi connectivity index (χ3n) is 3.39. The Hall–Kier alpha value is -2.05. The summed E-state index contributed by atoms with van der Waals surface area (Å²) in [4.78, 5) is 12.5. The van der Waals surface area contributed by atoms with Crippen molar-refractivity contribution in [3.63, 3.8) is 0 Å². The van der Waals surface area contributed by atoms with Crippen LogP contribution in [0.4, 0.5) is 5.69 Å². The van der Waals surface area contributed by atoms with Gasteiger partial charge in [0.05, 0.1) is 21.3 Å². The van der Waals surface area contributed by atoms with Crippen molar-refractivity contribution in [3.05, 3.63) is 55.6 Å². The Morgan fingerprint density at radius 2 is 2.00 bits per heavy atom. The molecule has 1 amide bonds. The molecule has 7 heteroatoms. The van der Waals surface area contributed by atoms with Gasteiger partial charge in [0.2, 0.25) is 0 Å². The molecular weight excluding hydrogens is 523 g/mol. The summed E-state index contributed by atoms with van der Waals surface area (Å²) >= 11 is 5.63. The maximum atomic E-state index is 12.5. The molecular formula is C20H18BrIN2O3. The number of anilines is 1. The van der Waals surface area contributed by atoms with Crippen molar-refractivity contribution in [3.8, 4) is 17.6 Å². The summed E-state index contributed by atoms with van der Waals surface area (Å²) in [6.07, 6.45) is 1.55. The van der Waals surface area contributed by atoms with Gasteiger partial charge < -0.3 is 14.8 Å². The van der Waals surface area contributed by atoms with Crippen molar-refractivity contribution in [2.24, 2.45) is 0 Å². The first-order valence-corrected chi connectivity index (χ1v) is 10.1. The highest BCUT2D eigenvalue weighted by atomic mass is 127. The number of amides is 1. The van der Waals surface area contributed by atoms with E-state index in [1.807, 2.05) is 32.0 Å². The van der Waals surface area contributed by atoms with Gasteiger partial charge in [-0.1, -0.05) is 6.07 Å². The van der Waals surface area contributed by atoms with Crippen LogP contribution in [0.15, 0.2) is 46.4 Å². The smallest absolute Gasteiger partial charge is 0.266 e. The highest BCUT2D eigenvalue weighted by molar-refractivity contribution is 14.1. The lowest BCUT2D eigenvalue weighted by molar-refractivity contribution is -0.112. The number of carbonyl (C=O) groups excluding carboxylic acids is 1. The van der Waals surface area contributed by atoms with E-state index in [0.29, 0.717) is 24.7 Å². The maximum absolute atomic E-state index is 12.5. The maximum Gasteiger partial charge on any atom is 0.266 e. The molecule has 1 N–H and O–H groups in total. The van der Waals surface area contributed by atoms with Crippen LogP contribution in [0.5, 0.6) is 11.5 Å². The summed E-state index contributed by atoms with van der Waals surface area (Å²) in [5.74, 6) is 0.917. The van der Waals surface area contributed by atoms with Gasteiger partial charge in [0.1, 0.15) is 23.1 Å². The largest absolute Gasteiger partial charge is 0.494 e. The molecule has 0 saturated carbocycles. The fraction of sp³-hybridized carbons (Fsp3) is 0.200. The van der Waals surface area contributed by atoms with Gasteiger partial charge in [-0.2, -0.15) is 5.26 Å². The highest BCUT2D eigenvalue weighted by Gasteiger charge is 2.12. The number of nitriles is 1. The van der Waals surface area contributed by atoms with E-state index >= 15 is 0 Å². The molecule has 0 fully saturated rings. The first kappa shape index (κ1) is 21.3. The number of rotatable bonds is 7. The van der Waals surface area contributed by atoms with Crippen LogP contribution in [-0.4, -0.2) is 19.1 Å². The zero-order valence-electron chi connectivity index (χ0n) is 14.9. The fourth-order valence-corrected chi connectivity index (χ4v) is 4.06. The molecule has 0 bridgehead atoms. The topological polar surface area (TPSA) is 71.3 Å². The van der Waals surface area contributed by atoms with E-state index in [1.165, 1.54) is 0 Å². The van der Waals surface area contributed by atoms with E-state index in [4.69, 9.17) is 9.47 Å². The van der Waals surface area contributed by atoms with Gasteiger partial charge in [-0.15, -0.1) is 0 Å². The number of hydrogen-bond donors (Lipinski definition) is 1. The number of benzene rings is 2. The average molecular weight is 541 g/mol. The number of ether oxygens (including phenoxy) is 2. The van der Waals surface area contributed by atoms with Crippen molar-refractivity contribution in [1.29, 1.82) is 5.26 Å². The van der Waals surface area contributed by atoms with Crippen LogP contribution in [0.1, 0.15) is 19.4 Å². The minimum atomic E-state index is -0.480. The van der Waals surface area contributed by atoms with Crippen molar-refractivity contribution in [2.75, 3.05) is 18.5 Å². The number of hydrogen-bond acceptors (Lipinski definition) is 4. The molecule has 2 rings (SSSR count). The molecule has 0 unspecified atom stereocenters. The predicted molar refractivity (Wildman–Crippen MR) is 118 cm³/mol. The van der Waals surface area contributed by atoms with Crippen LogP contribution in [0.3, 0.4) is 0 Å². The second kappa shape index (κ2) is 10.3. The molecule has 0 aromatic heterocycles. The van der Waals surface area contributed by atoms with Crippen molar-refractivity contribution in [2.45, 2.75) is 13.8 Å². The quantitative estimate of drug-likeness (QED) is 0.290. The van der Waals surface area contributed by atoms with Gasteiger partial charge in [-0.05, 0) is 88.3 Å². The van der Waals surface area contributed by atoms with E-state index in [1.54, 1.807) is 30.3 Å². The molecule has 0 aliphatic rings. The molecule has 0 radical (unpaired) electrons. The van der Waals surface area contributed by atoms with Crippen LogP contribution >= 0.6 is 38.5 Å². The van der Waals surface area contributed by atoms with Gasteiger partial charge >= 0.3 is 0 Å². The Morgan fingerprint density at radius 3 is 2.63 bits per heavy atom. The number of carbonyl (C=O) groups is 1. The highest BCUT2D eigenvalue weighted by Crippen LogP contribution is 2.32. The Morgan fingerprint density at radius 1 is 1.26 bits per heavy atom. The van der Waals surface area contributed by atoms with E-state index < -0.39 is 5.91 Å². The fourth-order valence-electron chi connectivity index (χ4n) is 2.29. The van der Waals surface area contributed by atoms with E-state index in [9.17, 15) is 10.1 Å². The van der Waals surface area contributed by atoms with Gasteiger partial charge in [0.15, 0.2) is 0 Å². The van der Waals surface area contributed by atoms with Gasteiger partial charge in [0.25, 0.3) is 5.91 Å². The van der Waals surface area contributed by atoms with E-state index in [0.717, 1.165) is 19.4 Å². The molecule has 0 atom stereocenters. The van der Waals surface area contributed by atoms with E-state index in [-0.39, 0.29) is 5.57 Å². The van der Waals surface area contributed by atoms with Crippen LogP contribution in [0.2, 0.25) is 0 Å². The van der Waals surface area contributed by atoms with Gasteiger partial charge in [-0.25, -0.2) is 0 Å². The summed E-state index contributed by atoms with van der Waals surface area (Å²) in [5.41, 5.74) is 1.29. The predicted octanol–water partition coefficient (Wildman–Crippen LogP) is 5.40. The summed E-state index contributed by atoms with van der Waals surface area (Å²) < 4.78 is 12.7. The molecule has 140 valence electrons. The number of halogens is 2. The Labute approximate surface area is 180 Å². The Kier molecular flexibility index (Phi) is 8.13. The molecule has 2 aromatic rings. The summed E-state index contributed by atoms with van der Waals surface area (Å²) in [6, 6.07) is 12.7. The summed E-state index contributed by atoms with van der Waals surface area (Å²) in [6.45, 7) is 4.88. The van der Waals surface area contributed by atoms with Crippen LogP contribution < -0.4 is 14.8 Å². The second-order valence-electron chi connectivity index (χ2n) is 5.33. The second-order valence-corrected chi connectivity index (χ2v) is 7.35. The molecule has 27 heavy (non-hydrogen) atoms. The number of nitrogens with zero attached hydrogens (tertiary/aromatic N) is 1. The molecule has 0 heterocycles. The summed E-state index contributed by atoms with van der Waals surface area (Å²) in [5, 5.41) is 12.1. The first-order valence-electron chi connectivity index (χ1n) is 8.26. The number of nitrogens with one attached hydrogen (secondary N) is 1. The average Bonchev–Trinajstić information content (AvgIpc) is 2.63. The van der Waals surface area contributed by atoms with Gasteiger partial charge in [-0.3, -0.25) is 4.79 Å². The lowest BCUT2D eigenvalue weighted by atomic mass is 10.1. The van der Waals surface area contributed by atoms with Crippen LogP contribution in [0.25, 0.3) is 6.08 Å². The molecule has 0 saturated heterocycles. The standard InChI is InChI=1S/C20H18BrIN2O3/c1-3-26-16-7-5-6-15(11-16)24-20(25)14(12-23)8-13-9-17(21)19(27-4-2)18(22)10-13/h5-11H,3-4H2,1-2H3,(H,24,25)/b14-8-. The van der Waals surface area contributed by atoms with Gasteiger partial charge in [0, 0.05) is 11.8 Å². The third kappa shape index (κ3) is 5.97. The lowest BCUT2D eigenvalue weighted by Gasteiger charge is -2.10. The summed E-state index contributed by atoms with van der Waals surface area (Å²) in [7, 11) is 0. The van der Waals surface area contributed by atoms with E-state index in [2.05, 4.69) is 43.8 Å². The SMILES string of the molecule is CCOc1cccc(NC(=O)/C(C#N)=C\c2cc(Br)c(OCC)c(I)c2)c1. The van der Waals surface area contributed by atoms with Crippen molar-refractivity contribution < 1.29 is 14.3 Å². The molecule has 2 aromatic carbocycles. The Balaban J connectivity index is 2.24. The van der Waals surface area contributed by atoms with Crippen molar-refractivity contribution in [1.82, 2.24) is 0 Å². The zero-order chi connectivity index (χ0) is 19.8. The monoisotopic (exact) mass is 540 g/mol. The molecule has 5 nitrogen and oxygen atoms in total. The first-order chi connectivity index (χ1) is 13.0. The minimum Gasteiger partial charge on any atom is -0.494 e. The molecule has 0 aliphatic heterocycles. The minimum absolute atomic E-state index is 0.00340. The normalized spacial score (nSPS) is 10.9. The zero-order valence-corrected chi connectivity index (χ0v) is 18.6. The molecule has 0 spiro atoms. The van der Waals surface area contributed by atoms with Crippen LogP contribution in [0, 0.1) is 14.9 Å². The van der Waals surface area contributed by atoms with Crippen LogP contribution in [-0.2, 0) is 4.79 Å². The molecule has 0 aliphatic carbocycles. The third-order valence-corrected chi connectivity index (χ3v) is 4.78. The lowest BCUT2D eigenvalue weighted by Crippen LogP contribution is -2.13. The Bertz CT molecular complexity index is 883. The van der Waals surface area contributed by atoms with Crippen molar-refractivity contribution >= 4 is 56.2 Å².